The molecule has 104 valence electrons. The summed E-state index contributed by atoms with van der Waals surface area (Å²) in [6, 6.07) is 1.50. The summed E-state index contributed by atoms with van der Waals surface area (Å²) in [4.78, 5) is 25.0. The van der Waals surface area contributed by atoms with Gasteiger partial charge in [-0.25, -0.2) is 0 Å². The summed E-state index contributed by atoms with van der Waals surface area (Å²) in [6.45, 7) is 2.26. The number of hydrogen-bond donors (Lipinski definition) is 1. The van der Waals surface area contributed by atoms with Crippen molar-refractivity contribution in [3.05, 3.63) is 21.9 Å². The molecule has 1 fully saturated rings. The summed E-state index contributed by atoms with van der Waals surface area (Å²) in [5.41, 5.74) is -0.515. The summed E-state index contributed by atoms with van der Waals surface area (Å²) >= 11 is 11.8. The molecule has 1 saturated heterocycles. The van der Waals surface area contributed by atoms with Crippen molar-refractivity contribution < 1.29 is 14.7 Å². The second-order valence-corrected chi connectivity index (χ2v) is 5.84. The molecular weight excluding hydrogens is 291 g/mol. The van der Waals surface area contributed by atoms with Gasteiger partial charge in [0.2, 0.25) is 0 Å². The molecule has 0 saturated carbocycles. The summed E-state index contributed by atoms with van der Waals surface area (Å²) in [7, 11) is 1.65. The summed E-state index contributed by atoms with van der Waals surface area (Å²) in [5.74, 6) is -1.13. The zero-order valence-electron chi connectivity index (χ0n) is 10.6. The van der Waals surface area contributed by atoms with Gasteiger partial charge in [-0.15, -0.1) is 0 Å². The molecule has 7 heteroatoms. The van der Waals surface area contributed by atoms with Gasteiger partial charge in [0.05, 0.1) is 10.4 Å². The topological polar surface area (TPSA) is 62.5 Å². The van der Waals surface area contributed by atoms with E-state index >= 15 is 0 Å². The van der Waals surface area contributed by atoms with Crippen LogP contribution in [0.25, 0.3) is 0 Å². The van der Waals surface area contributed by atoms with E-state index in [1.165, 1.54) is 15.5 Å². The van der Waals surface area contributed by atoms with Crippen LogP contribution in [0.15, 0.2) is 6.07 Å². The van der Waals surface area contributed by atoms with Gasteiger partial charge in [-0.1, -0.05) is 23.2 Å². The van der Waals surface area contributed by atoms with E-state index in [-0.39, 0.29) is 12.5 Å². The maximum Gasteiger partial charge on any atom is 0.311 e. The second kappa shape index (κ2) is 4.72. The SMILES string of the molecule is Cn1c(C(=O)N2CC[C@](C)(C(=O)O)C2)cc(Cl)c1Cl. The summed E-state index contributed by atoms with van der Waals surface area (Å²) in [5, 5.41) is 9.77. The van der Waals surface area contributed by atoms with Crippen molar-refractivity contribution in [3.8, 4) is 0 Å². The van der Waals surface area contributed by atoms with Gasteiger partial charge in [0, 0.05) is 20.1 Å². The van der Waals surface area contributed by atoms with Crippen molar-refractivity contribution in [3.63, 3.8) is 0 Å². The minimum atomic E-state index is -0.884. The predicted octanol–water partition coefficient (Wildman–Crippen LogP) is 2.27. The van der Waals surface area contributed by atoms with Crippen LogP contribution in [0.1, 0.15) is 23.8 Å². The first-order valence-corrected chi connectivity index (χ1v) is 6.55. The van der Waals surface area contributed by atoms with E-state index in [1.807, 2.05) is 0 Å². The molecule has 0 bridgehead atoms. The Morgan fingerprint density at radius 3 is 2.47 bits per heavy atom. The third kappa shape index (κ3) is 2.32. The minimum Gasteiger partial charge on any atom is -0.481 e. The van der Waals surface area contributed by atoms with Gasteiger partial charge in [-0.3, -0.25) is 9.59 Å². The van der Waals surface area contributed by atoms with E-state index in [0.717, 1.165) is 0 Å². The van der Waals surface area contributed by atoms with E-state index in [2.05, 4.69) is 0 Å². The Kier molecular flexibility index (Phi) is 3.53. The van der Waals surface area contributed by atoms with Crippen molar-refractivity contribution in [2.75, 3.05) is 13.1 Å². The largest absolute Gasteiger partial charge is 0.481 e. The lowest BCUT2D eigenvalue weighted by Crippen LogP contribution is -2.35. The highest BCUT2D eigenvalue weighted by molar-refractivity contribution is 6.41. The highest BCUT2D eigenvalue weighted by Crippen LogP contribution is 2.32. The average Bonchev–Trinajstić information content (AvgIpc) is 2.86. The smallest absolute Gasteiger partial charge is 0.311 e. The second-order valence-electron chi connectivity index (χ2n) is 5.07. The quantitative estimate of drug-likeness (QED) is 0.911. The maximum absolute atomic E-state index is 12.3. The zero-order chi connectivity index (χ0) is 14.4. The van der Waals surface area contributed by atoms with Gasteiger partial charge >= 0.3 is 5.97 Å². The number of likely N-dealkylation sites (tertiary alicyclic amines) is 1. The number of aromatic nitrogens is 1. The third-order valence-corrected chi connectivity index (χ3v) is 4.45. The standard InChI is InChI=1S/C12H14Cl2N2O3/c1-12(11(18)19)3-4-16(6-12)10(17)8-5-7(13)9(14)15(8)2/h5H,3-4,6H2,1-2H3,(H,18,19)/t12-/m0/s1. The van der Waals surface area contributed by atoms with Gasteiger partial charge in [-0.05, 0) is 19.4 Å². The molecule has 1 amide bonds. The number of carbonyl (C=O) groups excluding carboxylic acids is 1. The van der Waals surface area contributed by atoms with Crippen molar-refractivity contribution in [2.24, 2.45) is 12.5 Å². The lowest BCUT2D eigenvalue weighted by Gasteiger charge is -2.20. The van der Waals surface area contributed by atoms with Crippen LogP contribution in [0.2, 0.25) is 10.2 Å². The predicted molar refractivity (Wildman–Crippen MR) is 71.7 cm³/mol. The molecule has 1 aromatic heterocycles. The molecule has 0 unspecified atom stereocenters. The zero-order valence-corrected chi connectivity index (χ0v) is 12.1. The first-order valence-electron chi connectivity index (χ1n) is 5.79. The molecule has 0 spiro atoms. The van der Waals surface area contributed by atoms with E-state index in [4.69, 9.17) is 28.3 Å². The van der Waals surface area contributed by atoms with Crippen LogP contribution in [-0.4, -0.2) is 39.5 Å². The number of amides is 1. The normalized spacial score (nSPS) is 22.8. The molecule has 1 aromatic rings. The van der Waals surface area contributed by atoms with Crippen LogP contribution in [0.3, 0.4) is 0 Å². The van der Waals surface area contributed by atoms with Crippen LogP contribution < -0.4 is 0 Å². The Bertz CT molecular complexity index is 555. The van der Waals surface area contributed by atoms with Gasteiger partial charge in [0.25, 0.3) is 5.91 Å². The highest BCUT2D eigenvalue weighted by atomic mass is 35.5. The molecule has 1 atom stereocenters. The summed E-state index contributed by atoms with van der Waals surface area (Å²) in [6.07, 6.45) is 0.444. The third-order valence-electron chi connectivity index (χ3n) is 3.61. The van der Waals surface area contributed by atoms with Gasteiger partial charge in [0.1, 0.15) is 10.8 Å². The molecule has 19 heavy (non-hydrogen) atoms. The number of rotatable bonds is 2. The van der Waals surface area contributed by atoms with Gasteiger partial charge in [-0.2, -0.15) is 0 Å². The molecule has 0 aliphatic carbocycles. The Morgan fingerprint density at radius 1 is 1.42 bits per heavy atom. The summed E-state index contributed by atoms with van der Waals surface area (Å²) < 4.78 is 1.50. The first-order chi connectivity index (χ1) is 8.76. The lowest BCUT2D eigenvalue weighted by atomic mass is 9.90. The fraction of sp³-hybridized carbons (Fsp3) is 0.500. The molecule has 1 aliphatic heterocycles. The maximum atomic E-state index is 12.3. The van der Waals surface area contributed by atoms with E-state index < -0.39 is 11.4 Å². The number of nitrogens with zero attached hydrogens (tertiary/aromatic N) is 2. The molecular formula is C12H14Cl2N2O3. The van der Waals surface area contributed by atoms with Crippen LogP contribution in [0.4, 0.5) is 0 Å². The van der Waals surface area contributed by atoms with Crippen LogP contribution >= 0.6 is 23.2 Å². The minimum absolute atomic E-state index is 0.196. The number of aliphatic carboxylic acids is 1. The van der Waals surface area contributed by atoms with Gasteiger partial charge in [0.15, 0.2) is 0 Å². The molecule has 0 aromatic carbocycles. The molecule has 2 rings (SSSR count). The van der Waals surface area contributed by atoms with Crippen LogP contribution in [-0.2, 0) is 11.8 Å². The lowest BCUT2D eigenvalue weighted by molar-refractivity contribution is -0.147. The Morgan fingerprint density at radius 2 is 2.05 bits per heavy atom. The van der Waals surface area contributed by atoms with E-state index in [0.29, 0.717) is 28.8 Å². The highest BCUT2D eigenvalue weighted by Gasteiger charge is 2.42. The van der Waals surface area contributed by atoms with E-state index in [1.54, 1.807) is 14.0 Å². The molecule has 5 nitrogen and oxygen atoms in total. The van der Waals surface area contributed by atoms with Crippen molar-refractivity contribution >= 4 is 35.1 Å². The average molecular weight is 305 g/mol. The van der Waals surface area contributed by atoms with Gasteiger partial charge < -0.3 is 14.6 Å². The Labute approximate surface area is 120 Å². The molecule has 2 heterocycles. The number of halogens is 2. The fourth-order valence-electron chi connectivity index (χ4n) is 2.22. The van der Waals surface area contributed by atoms with Crippen molar-refractivity contribution in [1.82, 2.24) is 9.47 Å². The van der Waals surface area contributed by atoms with Crippen LogP contribution in [0.5, 0.6) is 0 Å². The number of carboxylic acid groups (broad SMARTS) is 1. The number of hydrogen-bond acceptors (Lipinski definition) is 2. The Hall–Kier alpha value is -1.20. The van der Waals surface area contributed by atoms with Crippen LogP contribution in [0, 0.1) is 5.41 Å². The Balaban J connectivity index is 2.23. The monoisotopic (exact) mass is 304 g/mol. The molecule has 0 radical (unpaired) electrons. The van der Waals surface area contributed by atoms with Crippen molar-refractivity contribution in [2.45, 2.75) is 13.3 Å². The van der Waals surface area contributed by atoms with E-state index in [9.17, 15) is 9.59 Å². The molecule has 1 N–H and O–H groups in total. The molecule has 1 aliphatic rings. The number of carbonyl (C=O) groups is 2. The number of carboxylic acids is 1. The fourth-order valence-corrected chi connectivity index (χ4v) is 2.59. The first kappa shape index (κ1) is 14.2. The van der Waals surface area contributed by atoms with Crippen molar-refractivity contribution in [1.29, 1.82) is 0 Å².